The number of nitrogens with one attached hydrogen (secondary N) is 1. The van der Waals surface area contributed by atoms with Crippen LogP contribution in [0.2, 0.25) is 0 Å². The molecule has 0 aliphatic rings. The van der Waals surface area contributed by atoms with Crippen molar-refractivity contribution in [3.05, 3.63) is 66.0 Å². The molecule has 4 rings (SSSR count). The van der Waals surface area contributed by atoms with Crippen LogP contribution in [0.4, 0.5) is 5.69 Å². The summed E-state index contributed by atoms with van der Waals surface area (Å²) in [7, 11) is 0. The summed E-state index contributed by atoms with van der Waals surface area (Å²) in [5.41, 5.74) is 5.48. The molecule has 0 fully saturated rings. The Balaban J connectivity index is 1.58. The second kappa shape index (κ2) is 6.87. The van der Waals surface area contributed by atoms with Gasteiger partial charge in [0.2, 0.25) is 5.65 Å². The zero-order chi connectivity index (χ0) is 17.9. The minimum atomic E-state index is 0.698. The third-order valence-corrected chi connectivity index (χ3v) is 4.03. The van der Waals surface area contributed by atoms with Gasteiger partial charge in [0.1, 0.15) is 12.2 Å². The van der Waals surface area contributed by atoms with Crippen LogP contribution < -0.4 is 5.32 Å². The number of aromatic nitrogens is 6. The molecule has 0 bridgehead atoms. The number of fused-ring (bicyclic) bond motifs is 1. The maximum atomic E-state index is 4.58. The quantitative estimate of drug-likeness (QED) is 0.599. The van der Waals surface area contributed by atoms with Crippen molar-refractivity contribution in [3.8, 4) is 11.3 Å². The molecular weight excluding hydrogens is 326 g/mol. The molecule has 7 nitrogen and oxygen atoms in total. The van der Waals surface area contributed by atoms with Crippen LogP contribution in [0, 0.1) is 13.8 Å². The summed E-state index contributed by atoms with van der Waals surface area (Å²) in [5.74, 6) is 0.838. The van der Waals surface area contributed by atoms with E-state index in [-0.39, 0.29) is 0 Å². The molecule has 26 heavy (non-hydrogen) atoms. The highest BCUT2D eigenvalue weighted by Gasteiger charge is 2.09. The van der Waals surface area contributed by atoms with E-state index in [1.54, 1.807) is 10.8 Å². The smallest absolute Gasteiger partial charge is 0.200 e. The molecule has 4 aromatic rings. The molecule has 0 saturated carbocycles. The average molecular weight is 345 g/mol. The number of rotatable bonds is 5. The van der Waals surface area contributed by atoms with Gasteiger partial charge < -0.3 is 5.32 Å². The lowest BCUT2D eigenvalue weighted by Crippen LogP contribution is -2.10. The fourth-order valence-corrected chi connectivity index (χ4v) is 2.93. The zero-order valence-electron chi connectivity index (χ0n) is 14.7. The van der Waals surface area contributed by atoms with Gasteiger partial charge in [-0.05, 0) is 26.0 Å². The fourth-order valence-electron chi connectivity index (χ4n) is 2.93. The van der Waals surface area contributed by atoms with Gasteiger partial charge in [-0.15, -0.1) is 10.2 Å². The predicted octanol–water partition coefficient (Wildman–Crippen LogP) is 2.85. The van der Waals surface area contributed by atoms with Gasteiger partial charge in [0, 0.05) is 29.9 Å². The van der Waals surface area contributed by atoms with E-state index in [4.69, 9.17) is 0 Å². The van der Waals surface area contributed by atoms with Crippen molar-refractivity contribution >= 4 is 11.3 Å². The van der Waals surface area contributed by atoms with E-state index in [2.05, 4.69) is 30.6 Å². The van der Waals surface area contributed by atoms with Crippen LogP contribution in [-0.2, 0) is 6.42 Å². The van der Waals surface area contributed by atoms with Crippen molar-refractivity contribution < 1.29 is 0 Å². The monoisotopic (exact) mass is 345 g/mol. The topological polar surface area (TPSA) is 80.9 Å². The van der Waals surface area contributed by atoms with Crippen molar-refractivity contribution in [1.82, 2.24) is 29.8 Å². The summed E-state index contributed by atoms with van der Waals surface area (Å²) in [6.45, 7) is 4.67. The molecule has 1 aromatic carbocycles. The first-order valence-corrected chi connectivity index (χ1v) is 8.50. The molecule has 0 amide bonds. The first-order valence-electron chi connectivity index (χ1n) is 8.50. The highest BCUT2D eigenvalue weighted by atomic mass is 15.3. The molecule has 3 aromatic heterocycles. The number of hydrogen-bond donors (Lipinski definition) is 1. The SMILES string of the molecule is Cc1cc(C)nc(CCNc2cc(-c3ccccc3)nn3cnnc23)n1. The van der Waals surface area contributed by atoms with Crippen molar-refractivity contribution in [2.75, 3.05) is 11.9 Å². The van der Waals surface area contributed by atoms with Gasteiger partial charge >= 0.3 is 0 Å². The molecule has 3 heterocycles. The normalized spacial score (nSPS) is 11.0. The van der Waals surface area contributed by atoms with Gasteiger partial charge in [-0.2, -0.15) is 9.61 Å². The molecule has 0 aliphatic carbocycles. The van der Waals surface area contributed by atoms with Gasteiger partial charge in [0.05, 0.1) is 11.4 Å². The largest absolute Gasteiger partial charge is 0.381 e. The van der Waals surface area contributed by atoms with Crippen LogP contribution in [0.3, 0.4) is 0 Å². The standard InChI is InChI=1S/C19H19N7/c1-13-10-14(2)23-18(22-13)8-9-20-17-11-16(15-6-4-3-5-7-15)25-26-12-21-24-19(17)26/h3-7,10-12,20H,8-9H2,1-2H3. The Kier molecular flexibility index (Phi) is 4.27. The van der Waals surface area contributed by atoms with E-state index >= 15 is 0 Å². The molecular formula is C19H19N7. The molecule has 7 heteroatoms. The van der Waals surface area contributed by atoms with Crippen LogP contribution >= 0.6 is 0 Å². The molecule has 0 aliphatic heterocycles. The minimum absolute atomic E-state index is 0.698. The second-order valence-corrected chi connectivity index (χ2v) is 6.15. The molecule has 0 saturated heterocycles. The van der Waals surface area contributed by atoms with Gasteiger partial charge in [0.25, 0.3) is 0 Å². The average Bonchev–Trinajstić information content (AvgIpc) is 3.10. The Morgan fingerprint density at radius 3 is 2.54 bits per heavy atom. The molecule has 0 atom stereocenters. The third-order valence-electron chi connectivity index (χ3n) is 4.03. The number of anilines is 1. The van der Waals surface area contributed by atoms with Crippen LogP contribution in [0.5, 0.6) is 0 Å². The maximum Gasteiger partial charge on any atom is 0.200 e. The van der Waals surface area contributed by atoms with E-state index in [0.29, 0.717) is 12.2 Å². The van der Waals surface area contributed by atoms with Crippen molar-refractivity contribution in [3.63, 3.8) is 0 Å². The molecule has 1 N–H and O–H groups in total. The summed E-state index contributed by atoms with van der Waals surface area (Å²) in [5, 5.41) is 16.1. The summed E-state index contributed by atoms with van der Waals surface area (Å²) in [6, 6.07) is 14.0. The number of benzene rings is 1. The summed E-state index contributed by atoms with van der Waals surface area (Å²) in [4.78, 5) is 8.97. The minimum Gasteiger partial charge on any atom is -0.381 e. The van der Waals surface area contributed by atoms with Crippen LogP contribution in [-0.4, -0.2) is 36.3 Å². The van der Waals surface area contributed by atoms with Gasteiger partial charge in [-0.25, -0.2) is 9.97 Å². The van der Waals surface area contributed by atoms with Gasteiger partial charge in [-0.1, -0.05) is 30.3 Å². The van der Waals surface area contributed by atoms with Crippen molar-refractivity contribution in [1.29, 1.82) is 0 Å². The van der Waals surface area contributed by atoms with Crippen LogP contribution in [0.25, 0.3) is 16.9 Å². The van der Waals surface area contributed by atoms with E-state index in [9.17, 15) is 0 Å². The van der Waals surface area contributed by atoms with E-state index in [1.807, 2.05) is 56.3 Å². The Bertz CT molecular complexity index is 1020. The number of aryl methyl sites for hydroxylation is 2. The number of hydrogen-bond acceptors (Lipinski definition) is 6. The van der Waals surface area contributed by atoms with Gasteiger partial charge in [-0.3, -0.25) is 0 Å². The van der Waals surface area contributed by atoms with Crippen molar-refractivity contribution in [2.24, 2.45) is 0 Å². The lowest BCUT2D eigenvalue weighted by atomic mass is 10.1. The number of nitrogens with zero attached hydrogens (tertiary/aromatic N) is 6. The summed E-state index contributed by atoms with van der Waals surface area (Å²) in [6.07, 6.45) is 2.34. The second-order valence-electron chi connectivity index (χ2n) is 6.15. The summed E-state index contributed by atoms with van der Waals surface area (Å²) < 4.78 is 1.69. The van der Waals surface area contributed by atoms with Crippen LogP contribution in [0.1, 0.15) is 17.2 Å². The maximum absolute atomic E-state index is 4.58. The first kappa shape index (κ1) is 16.1. The molecule has 0 radical (unpaired) electrons. The fraction of sp³-hybridized carbons (Fsp3) is 0.211. The third kappa shape index (κ3) is 3.37. The summed E-state index contributed by atoms with van der Waals surface area (Å²) >= 11 is 0. The Morgan fingerprint density at radius 1 is 1.00 bits per heavy atom. The van der Waals surface area contributed by atoms with E-state index in [1.165, 1.54) is 0 Å². The lowest BCUT2D eigenvalue weighted by Gasteiger charge is -2.10. The lowest BCUT2D eigenvalue weighted by molar-refractivity contribution is 0.861. The molecule has 130 valence electrons. The highest BCUT2D eigenvalue weighted by molar-refractivity contribution is 5.73. The first-order chi connectivity index (χ1) is 12.7. The molecule has 0 spiro atoms. The van der Waals surface area contributed by atoms with Crippen LogP contribution in [0.15, 0.2) is 48.8 Å². The highest BCUT2D eigenvalue weighted by Crippen LogP contribution is 2.22. The van der Waals surface area contributed by atoms with E-state index in [0.717, 1.165) is 40.6 Å². The predicted molar refractivity (Wildman–Crippen MR) is 99.9 cm³/mol. The zero-order valence-corrected chi connectivity index (χ0v) is 14.7. The Morgan fingerprint density at radius 2 is 1.77 bits per heavy atom. The Hall–Kier alpha value is -3.35. The Labute approximate surface area is 151 Å². The molecule has 0 unspecified atom stereocenters. The van der Waals surface area contributed by atoms with Gasteiger partial charge in [0.15, 0.2) is 0 Å². The van der Waals surface area contributed by atoms with Crippen molar-refractivity contribution in [2.45, 2.75) is 20.3 Å². The van der Waals surface area contributed by atoms with E-state index < -0.39 is 0 Å².